The minimum atomic E-state index is -0.373. The fourth-order valence-corrected chi connectivity index (χ4v) is 4.21. The van der Waals surface area contributed by atoms with Crippen LogP contribution in [0.25, 0.3) is 22.2 Å². The van der Waals surface area contributed by atoms with Crippen LogP contribution >= 0.6 is 0 Å². The second-order valence-corrected chi connectivity index (χ2v) is 9.18. The van der Waals surface area contributed by atoms with E-state index in [2.05, 4.69) is 26.8 Å². The molecule has 2 aromatic heterocycles. The van der Waals surface area contributed by atoms with Crippen LogP contribution in [-0.4, -0.2) is 71.9 Å². The van der Waals surface area contributed by atoms with Gasteiger partial charge in [0, 0.05) is 62.1 Å². The smallest absolute Gasteiger partial charge is 0.255 e. The number of nitrogens with one attached hydrogen (secondary N) is 1. The Balaban J connectivity index is 1.76. The molecular formula is C28H33N7O3. The number of ether oxygens (including phenoxy) is 1. The van der Waals surface area contributed by atoms with Crippen LogP contribution in [0.3, 0.4) is 0 Å². The normalized spacial score (nSPS) is 11.0. The van der Waals surface area contributed by atoms with Crippen LogP contribution in [0.2, 0.25) is 0 Å². The minimum Gasteiger partial charge on any atom is -0.494 e. The van der Waals surface area contributed by atoms with E-state index in [0.717, 1.165) is 33.8 Å². The maximum absolute atomic E-state index is 12.2. The number of aromatic nitrogens is 3. The molecule has 4 aromatic rings. The van der Waals surface area contributed by atoms with Gasteiger partial charge in [0.25, 0.3) is 5.95 Å². The zero-order valence-electron chi connectivity index (χ0n) is 22.3. The number of carbonyl (C=O) groups is 1. The number of likely N-dealkylation sites (N-methyl/N-ethyl adjacent to an activating group) is 2. The Morgan fingerprint density at radius 1 is 1.16 bits per heavy atom. The molecule has 1 amide bonds. The Labute approximate surface area is 222 Å². The lowest BCUT2D eigenvalue weighted by atomic mass is 10.1. The van der Waals surface area contributed by atoms with Gasteiger partial charge in [0.15, 0.2) is 0 Å². The third-order valence-corrected chi connectivity index (χ3v) is 6.27. The molecule has 4 rings (SSSR count). The second-order valence-electron chi connectivity index (χ2n) is 9.18. The monoisotopic (exact) mass is 515 g/mol. The van der Waals surface area contributed by atoms with Crippen LogP contribution in [0.1, 0.15) is 0 Å². The molecule has 2 heterocycles. The number of anilines is 4. The lowest BCUT2D eigenvalue weighted by Gasteiger charge is -2.27. The fraction of sp³-hybridized carbons (Fsp3) is 0.250. The number of amides is 1. The highest BCUT2D eigenvalue weighted by molar-refractivity contribution is 6.02. The van der Waals surface area contributed by atoms with Gasteiger partial charge in [0.05, 0.1) is 24.2 Å². The Bertz CT molecular complexity index is 1460. The zero-order chi connectivity index (χ0) is 27.4. The van der Waals surface area contributed by atoms with Crippen LogP contribution in [0.15, 0.2) is 67.5 Å². The first-order valence-electron chi connectivity index (χ1n) is 12.1. The topological polar surface area (TPSA) is 99.0 Å². The van der Waals surface area contributed by atoms with Crippen molar-refractivity contribution in [2.24, 2.45) is 7.05 Å². The number of fused-ring (bicyclic) bond motifs is 1. The van der Waals surface area contributed by atoms with Crippen molar-refractivity contribution in [3.8, 4) is 17.0 Å². The number of methoxy groups -OCH3 is 1. The van der Waals surface area contributed by atoms with E-state index in [4.69, 9.17) is 4.74 Å². The van der Waals surface area contributed by atoms with Crippen molar-refractivity contribution in [3.05, 3.63) is 67.5 Å². The summed E-state index contributed by atoms with van der Waals surface area (Å²) in [6.07, 6.45) is 4.79. The van der Waals surface area contributed by atoms with Crippen molar-refractivity contribution in [1.82, 2.24) is 19.4 Å². The number of hydrogen-bond donors (Lipinski definition) is 2. The summed E-state index contributed by atoms with van der Waals surface area (Å²) in [5, 5.41) is 16.0. The summed E-state index contributed by atoms with van der Waals surface area (Å²) in [6, 6.07) is 13.2. The van der Waals surface area contributed by atoms with Gasteiger partial charge in [-0.2, -0.15) is 5.06 Å². The molecule has 0 saturated heterocycles. The standard InChI is InChI=1S/C28H33N7O3/c1-7-27(36)30-22-16-25(26(38-6)17-24(22)33(4)15-14-32(2)3)35(37)28-29-13-12-21(31-28)20-18-34(5)23-11-9-8-10-19(20)23/h7-13,16-18,37H,1,14-15H2,2-6H3,(H,30,36). The molecule has 0 unspecified atom stereocenters. The van der Waals surface area contributed by atoms with Crippen molar-refractivity contribution < 1.29 is 14.7 Å². The van der Waals surface area contributed by atoms with E-state index >= 15 is 0 Å². The molecule has 0 fully saturated rings. The summed E-state index contributed by atoms with van der Waals surface area (Å²) in [5.74, 6) is 0.0699. The molecule has 0 bridgehead atoms. The number of aryl methyl sites for hydroxylation is 1. The lowest BCUT2D eigenvalue weighted by Crippen LogP contribution is -2.29. The molecule has 2 N–H and O–H groups in total. The Kier molecular flexibility index (Phi) is 7.94. The maximum atomic E-state index is 12.2. The number of carbonyl (C=O) groups excluding carboxylic acids is 1. The molecule has 198 valence electrons. The summed E-state index contributed by atoms with van der Waals surface area (Å²) < 4.78 is 7.67. The number of para-hydroxylation sites is 1. The largest absolute Gasteiger partial charge is 0.494 e. The van der Waals surface area contributed by atoms with Gasteiger partial charge in [-0.25, -0.2) is 9.97 Å². The number of rotatable bonds is 10. The molecule has 0 aliphatic rings. The quantitative estimate of drug-likeness (QED) is 0.238. The van der Waals surface area contributed by atoms with E-state index in [1.165, 1.54) is 13.2 Å². The highest BCUT2D eigenvalue weighted by atomic mass is 16.5. The molecule has 0 aliphatic carbocycles. The first-order chi connectivity index (χ1) is 18.2. The van der Waals surface area contributed by atoms with E-state index in [-0.39, 0.29) is 17.5 Å². The van der Waals surface area contributed by atoms with Gasteiger partial charge in [0.2, 0.25) is 5.91 Å². The third-order valence-electron chi connectivity index (χ3n) is 6.27. The first kappa shape index (κ1) is 26.6. The molecule has 0 saturated carbocycles. The van der Waals surface area contributed by atoms with Gasteiger partial charge in [-0.3, -0.25) is 10.0 Å². The van der Waals surface area contributed by atoms with Crippen LogP contribution in [0.4, 0.5) is 23.0 Å². The van der Waals surface area contributed by atoms with E-state index < -0.39 is 0 Å². The van der Waals surface area contributed by atoms with Crippen molar-refractivity contribution >= 4 is 39.8 Å². The Morgan fingerprint density at radius 2 is 1.92 bits per heavy atom. The van der Waals surface area contributed by atoms with Gasteiger partial charge >= 0.3 is 0 Å². The van der Waals surface area contributed by atoms with E-state index in [1.807, 2.05) is 68.1 Å². The molecule has 38 heavy (non-hydrogen) atoms. The summed E-state index contributed by atoms with van der Waals surface area (Å²) in [4.78, 5) is 25.3. The zero-order valence-corrected chi connectivity index (χ0v) is 22.3. The Morgan fingerprint density at radius 3 is 2.63 bits per heavy atom. The van der Waals surface area contributed by atoms with Crippen molar-refractivity contribution in [2.75, 3.05) is 56.6 Å². The second kappa shape index (κ2) is 11.3. The lowest BCUT2D eigenvalue weighted by molar-refractivity contribution is -0.111. The van der Waals surface area contributed by atoms with Crippen molar-refractivity contribution in [3.63, 3.8) is 0 Å². The summed E-state index contributed by atoms with van der Waals surface area (Å²) in [6.45, 7) is 5.05. The molecule has 0 aliphatic heterocycles. The van der Waals surface area contributed by atoms with Crippen LogP contribution in [-0.2, 0) is 11.8 Å². The third kappa shape index (κ3) is 5.46. The van der Waals surface area contributed by atoms with E-state index in [0.29, 0.717) is 23.7 Å². The molecule has 0 radical (unpaired) electrons. The first-order valence-corrected chi connectivity index (χ1v) is 12.1. The predicted molar refractivity (Wildman–Crippen MR) is 152 cm³/mol. The summed E-state index contributed by atoms with van der Waals surface area (Å²) in [7, 11) is 9.41. The minimum absolute atomic E-state index is 0.0587. The van der Waals surface area contributed by atoms with Gasteiger partial charge in [-0.05, 0) is 38.4 Å². The van der Waals surface area contributed by atoms with Gasteiger partial charge in [-0.1, -0.05) is 24.8 Å². The fourth-order valence-electron chi connectivity index (χ4n) is 4.21. The van der Waals surface area contributed by atoms with Crippen LogP contribution < -0.4 is 20.0 Å². The Hall–Kier alpha value is -4.41. The molecule has 2 aromatic carbocycles. The summed E-state index contributed by atoms with van der Waals surface area (Å²) >= 11 is 0. The van der Waals surface area contributed by atoms with Gasteiger partial charge < -0.3 is 24.4 Å². The molecule has 10 heteroatoms. The van der Waals surface area contributed by atoms with Crippen molar-refractivity contribution in [2.45, 2.75) is 0 Å². The van der Waals surface area contributed by atoms with E-state index in [1.54, 1.807) is 24.4 Å². The highest BCUT2D eigenvalue weighted by Crippen LogP contribution is 2.40. The number of nitrogens with zero attached hydrogens (tertiary/aromatic N) is 6. The van der Waals surface area contributed by atoms with Crippen molar-refractivity contribution in [1.29, 1.82) is 0 Å². The molecule has 0 spiro atoms. The average Bonchev–Trinajstić information content (AvgIpc) is 3.27. The molecule has 0 atom stereocenters. The summed E-state index contributed by atoms with van der Waals surface area (Å²) in [5.41, 5.74) is 4.13. The maximum Gasteiger partial charge on any atom is 0.255 e. The van der Waals surface area contributed by atoms with Crippen LogP contribution in [0.5, 0.6) is 5.75 Å². The molecule has 10 nitrogen and oxygen atoms in total. The SMILES string of the molecule is C=CC(=O)Nc1cc(N(O)c2nccc(-c3cn(C)c4ccccc34)n2)c(OC)cc1N(C)CCN(C)C. The predicted octanol–water partition coefficient (Wildman–Crippen LogP) is 4.29. The van der Waals surface area contributed by atoms with Gasteiger partial charge in [0.1, 0.15) is 11.4 Å². The molecular weight excluding hydrogens is 482 g/mol. The number of hydrogen-bond acceptors (Lipinski definition) is 8. The number of benzene rings is 2. The average molecular weight is 516 g/mol. The van der Waals surface area contributed by atoms with E-state index in [9.17, 15) is 10.0 Å². The van der Waals surface area contributed by atoms with Crippen LogP contribution in [0, 0.1) is 0 Å². The highest BCUT2D eigenvalue weighted by Gasteiger charge is 2.22. The van der Waals surface area contributed by atoms with Gasteiger partial charge in [-0.15, -0.1) is 0 Å².